The molecule has 0 N–H and O–H groups in total. The molecule has 0 aromatic carbocycles. The lowest BCUT2D eigenvalue weighted by Crippen LogP contribution is -2.26. The first kappa shape index (κ1) is 12.9. The molecule has 5 heteroatoms. The largest absolute Gasteiger partial charge is 0.353 e. The second-order valence-corrected chi connectivity index (χ2v) is 6.05. The zero-order valence-electron chi connectivity index (χ0n) is 11.2. The van der Waals surface area contributed by atoms with Crippen molar-refractivity contribution in [1.82, 2.24) is 14.4 Å². The molecular formula is C14H19BrN4. The molecule has 1 aliphatic rings. The summed E-state index contributed by atoms with van der Waals surface area (Å²) in [5, 5.41) is 0. The Balaban J connectivity index is 1.93. The van der Waals surface area contributed by atoms with Gasteiger partial charge in [0.2, 0.25) is 0 Å². The monoisotopic (exact) mass is 322 g/mol. The van der Waals surface area contributed by atoms with Crippen LogP contribution < -0.4 is 4.90 Å². The van der Waals surface area contributed by atoms with Gasteiger partial charge in [0.05, 0.1) is 0 Å². The van der Waals surface area contributed by atoms with Crippen molar-refractivity contribution in [3.8, 4) is 0 Å². The number of aromatic nitrogens is 3. The summed E-state index contributed by atoms with van der Waals surface area (Å²) in [6.45, 7) is 4.47. The van der Waals surface area contributed by atoms with Crippen LogP contribution in [0.1, 0.15) is 32.6 Å². The van der Waals surface area contributed by atoms with Crippen LogP contribution in [0.5, 0.6) is 0 Å². The van der Waals surface area contributed by atoms with Crippen LogP contribution in [-0.4, -0.2) is 27.5 Å². The summed E-state index contributed by atoms with van der Waals surface area (Å²) in [6.07, 6.45) is 10.9. The molecule has 0 amide bonds. The molecule has 1 aliphatic heterocycles. The summed E-state index contributed by atoms with van der Waals surface area (Å²) in [5.74, 6) is 1.88. The van der Waals surface area contributed by atoms with Gasteiger partial charge in [0.25, 0.3) is 0 Å². The Hall–Kier alpha value is -1.10. The third-order valence-corrected chi connectivity index (χ3v) is 4.43. The minimum Gasteiger partial charge on any atom is -0.353 e. The molecule has 2 aromatic rings. The first-order chi connectivity index (χ1) is 9.28. The molecule has 0 spiro atoms. The Bertz CT molecular complexity index is 566. The summed E-state index contributed by atoms with van der Waals surface area (Å²) in [5.41, 5.74) is 0.957. The van der Waals surface area contributed by atoms with Crippen LogP contribution in [0.4, 0.5) is 5.82 Å². The molecule has 19 heavy (non-hydrogen) atoms. The Kier molecular flexibility index (Phi) is 3.73. The number of anilines is 1. The van der Waals surface area contributed by atoms with E-state index in [9.17, 15) is 0 Å². The van der Waals surface area contributed by atoms with Gasteiger partial charge in [0, 0.05) is 31.7 Å². The maximum absolute atomic E-state index is 4.65. The zero-order chi connectivity index (χ0) is 13.2. The first-order valence-corrected chi connectivity index (χ1v) is 7.81. The summed E-state index contributed by atoms with van der Waals surface area (Å²) in [4.78, 5) is 11.5. The molecule has 0 radical (unpaired) electrons. The van der Waals surface area contributed by atoms with Gasteiger partial charge in [-0.25, -0.2) is 9.97 Å². The van der Waals surface area contributed by atoms with Crippen molar-refractivity contribution in [3.63, 3.8) is 0 Å². The van der Waals surface area contributed by atoms with E-state index in [2.05, 4.69) is 37.7 Å². The van der Waals surface area contributed by atoms with Gasteiger partial charge >= 0.3 is 0 Å². The molecule has 0 saturated carbocycles. The Morgan fingerprint density at radius 1 is 1.37 bits per heavy atom. The van der Waals surface area contributed by atoms with E-state index in [0.29, 0.717) is 0 Å². The van der Waals surface area contributed by atoms with Gasteiger partial charge in [0.15, 0.2) is 11.5 Å². The maximum atomic E-state index is 4.65. The standard InChI is InChI=1S/C14H19BrN4/c1-2-11-4-3-7-18(8-5-11)14-13-16-6-9-19(13)10-12(15)17-14/h6,9-11H,2-5,7-8H2,1H3. The van der Waals surface area contributed by atoms with Crippen LogP contribution >= 0.6 is 15.9 Å². The summed E-state index contributed by atoms with van der Waals surface area (Å²) in [6, 6.07) is 0. The van der Waals surface area contributed by atoms with E-state index in [1.165, 1.54) is 25.7 Å². The summed E-state index contributed by atoms with van der Waals surface area (Å²) >= 11 is 3.49. The van der Waals surface area contributed by atoms with Crippen molar-refractivity contribution in [2.75, 3.05) is 18.0 Å². The van der Waals surface area contributed by atoms with Gasteiger partial charge in [-0.15, -0.1) is 0 Å². The Morgan fingerprint density at radius 2 is 2.26 bits per heavy atom. The Morgan fingerprint density at radius 3 is 3.11 bits per heavy atom. The maximum Gasteiger partial charge on any atom is 0.180 e. The van der Waals surface area contributed by atoms with Crippen molar-refractivity contribution in [1.29, 1.82) is 0 Å². The van der Waals surface area contributed by atoms with Crippen LogP contribution in [0.2, 0.25) is 0 Å². The first-order valence-electron chi connectivity index (χ1n) is 7.02. The molecule has 3 rings (SSSR count). The minimum absolute atomic E-state index is 0.865. The molecule has 1 atom stereocenters. The molecule has 3 heterocycles. The molecule has 4 nitrogen and oxygen atoms in total. The molecule has 1 saturated heterocycles. The average Bonchev–Trinajstić information content (AvgIpc) is 2.74. The number of nitrogens with zero attached hydrogens (tertiary/aromatic N) is 4. The van der Waals surface area contributed by atoms with E-state index in [-0.39, 0.29) is 0 Å². The van der Waals surface area contributed by atoms with Crippen LogP contribution in [0.25, 0.3) is 5.65 Å². The van der Waals surface area contributed by atoms with Crippen molar-refractivity contribution >= 4 is 27.4 Å². The molecule has 0 aliphatic carbocycles. The third kappa shape index (κ3) is 2.61. The van der Waals surface area contributed by atoms with E-state index < -0.39 is 0 Å². The topological polar surface area (TPSA) is 33.4 Å². The fourth-order valence-electron chi connectivity index (χ4n) is 2.88. The van der Waals surface area contributed by atoms with E-state index in [1.807, 2.05) is 23.0 Å². The fourth-order valence-corrected chi connectivity index (χ4v) is 3.27. The van der Waals surface area contributed by atoms with Crippen molar-refractivity contribution in [2.24, 2.45) is 5.92 Å². The summed E-state index contributed by atoms with van der Waals surface area (Å²) in [7, 11) is 0. The average molecular weight is 323 g/mol. The van der Waals surface area contributed by atoms with Gasteiger partial charge in [0.1, 0.15) is 4.60 Å². The SMILES string of the molecule is CCC1CCCN(c2nc(Br)cn3ccnc23)CC1. The lowest BCUT2D eigenvalue weighted by molar-refractivity contribution is 0.459. The lowest BCUT2D eigenvalue weighted by Gasteiger charge is -2.22. The number of hydrogen-bond donors (Lipinski definition) is 0. The van der Waals surface area contributed by atoms with Gasteiger partial charge in [-0.3, -0.25) is 0 Å². The van der Waals surface area contributed by atoms with Gasteiger partial charge < -0.3 is 9.30 Å². The highest BCUT2D eigenvalue weighted by atomic mass is 79.9. The van der Waals surface area contributed by atoms with Gasteiger partial charge in [-0.1, -0.05) is 13.3 Å². The van der Waals surface area contributed by atoms with Gasteiger partial charge in [-0.05, 0) is 41.1 Å². The Labute approximate surface area is 122 Å². The van der Waals surface area contributed by atoms with Crippen LogP contribution in [0, 0.1) is 5.92 Å². The van der Waals surface area contributed by atoms with Crippen molar-refractivity contribution < 1.29 is 0 Å². The summed E-state index contributed by atoms with van der Waals surface area (Å²) < 4.78 is 2.90. The molecule has 0 bridgehead atoms. The van der Waals surface area contributed by atoms with Crippen LogP contribution in [-0.2, 0) is 0 Å². The number of halogens is 1. The van der Waals surface area contributed by atoms with Crippen LogP contribution in [0.15, 0.2) is 23.2 Å². The molecule has 1 fully saturated rings. The van der Waals surface area contributed by atoms with Crippen molar-refractivity contribution in [2.45, 2.75) is 32.6 Å². The second kappa shape index (κ2) is 5.49. The highest BCUT2D eigenvalue weighted by molar-refractivity contribution is 9.10. The smallest absolute Gasteiger partial charge is 0.180 e. The molecule has 1 unspecified atom stereocenters. The minimum atomic E-state index is 0.865. The molecule has 102 valence electrons. The number of imidazole rings is 1. The van der Waals surface area contributed by atoms with Crippen molar-refractivity contribution in [3.05, 3.63) is 23.2 Å². The number of rotatable bonds is 2. The third-order valence-electron chi connectivity index (χ3n) is 4.05. The highest BCUT2D eigenvalue weighted by Crippen LogP contribution is 2.26. The zero-order valence-corrected chi connectivity index (χ0v) is 12.8. The predicted molar refractivity (Wildman–Crippen MR) is 80.5 cm³/mol. The van der Waals surface area contributed by atoms with Crippen LogP contribution in [0.3, 0.4) is 0 Å². The van der Waals surface area contributed by atoms with E-state index in [4.69, 9.17) is 0 Å². The van der Waals surface area contributed by atoms with E-state index in [1.54, 1.807) is 0 Å². The molecule has 2 aromatic heterocycles. The number of hydrogen-bond acceptors (Lipinski definition) is 3. The van der Waals surface area contributed by atoms with E-state index in [0.717, 1.165) is 35.1 Å². The molecular weight excluding hydrogens is 304 g/mol. The fraction of sp³-hybridized carbons (Fsp3) is 0.571. The predicted octanol–water partition coefficient (Wildman–Crippen LogP) is 3.51. The number of fused-ring (bicyclic) bond motifs is 1. The normalized spacial score (nSPS) is 20.7. The highest BCUT2D eigenvalue weighted by Gasteiger charge is 2.19. The van der Waals surface area contributed by atoms with Gasteiger partial charge in [-0.2, -0.15) is 0 Å². The second-order valence-electron chi connectivity index (χ2n) is 5.24. The quantitative estimate of drug-likeness (QED) is 0.848. The lowest BCUT2D eigenvalue weighted by atomic mass is 9.98. The van der Waals surface area contributed by atoms with E-state index >= 15 is 0 Å².